The Bertz CT molecular complexity index is 578. The zero-order valence-electron chi connectivity index (χ0n) is 11.6. The number of hydrogen-bond donors (Lipinski definition) is 1. The first-order valence-electron chi connectivity index (χ1n) is 6.56. The molecule has 1 aromatic carbocycles. The Kier molecular flexibility index (Phi) is 4.80. The molecule has 1 heterocycles. The zero-order chi connectivity index (χ0) is 15.6. The average Bonchev–Trinajstić information content (AvgIpc) is 2.48. The van der Waals surface area contributed by atoms with Gasteiger partial charge in [0, 0.05) is 24.8 Å². The van der Waals surface area contributed by atoms with Crippen molar-refractivity contribution in [2.75, 3.05) is 24.6 Å². The van der Waals surface area contributed by atoms with E-state index in [0.717, 1.165) is 5.69 Å². The number of benzene rings is 1. The minimum absolute atomic E-state index is 0.0920. The van der Waals surface area contributed by atoms with Gasteiger partial charge < -0.3 is 15.4 Å². The average molecular weight is 320 g/mol. The predicted molar refractivity (Wildman–Crippen MR) is 75.2 cm³/mol. The van der Waals surface area contributed by atoms with Gasteiger partial charge in [0.15, 0.2) is 0 Å². The summed E-state index contributed by atoms with van der Waals surface area (Å²) in [6.07, 6.45) is -0.0920. The van der Waals surface area contributed by atoms with Gasteiger partial charge in [0.1, 0.15) is 0 Å². The van der Waals surface area contributed by atoms with Gasteiger partial charge in [-0.3, -0.25) is 0 Å². The lowest BCUT2D eigenvalue weighted by atomic mass is 10.1. The molecule has 118 valence electrons. The van der Waals surface area contributed by atoms with Crippen LogP contribution in [0.5, 0.6) is 0 Å². The summed E-state index contributed by atoms with van der Waals surface area (Å²) in [7, 11) is -4.55. The Morgan fingerprint density at radius 2 is 2.00 bits per heavy atom. The minimum atomic E-state index is -4.55. The molecule has 0 aliphatic carbocycles. The Labute approximate surface area is 122 Å². The Hall–Kier alpha value is -1.25. The van der Waals surface area contributed by atoms with Crippen molar-refractivity contribution in [2.45, 2.75) is 29.7 Å². The highest BCUT2D eigenvalue weighted by atomic mass is 32.2. The molecule has 1 saturated heterocycles. The number of sulfone groups is 1. The summed E-state index contributed by atoms with van der Waals surface area (Å²) in [5.74, 6) is -3.41. The van der Waals surface area contributed by atoms with Crippen LogP contribution in [0.15, 0.2) is 29.2 Å². The van der Waals surface area contributed by atoms with Crippen LogP contribution in [0.3, 0.4) is 0 Å². The first-order chi connectivity index (χ1) is 9.86. The first-order valence-corrected chi connectivity index (χ1v) is 8.11. The fourth-order valence-electron chi connectivity index (χ4n) is 2.25. The van der Waals surface area contributed by atoms with Gasteiger partial charge in [0.2, 0.25) is 9.84 Å². The molecule has 0 saturated carbocycles. The summed E-state index contributed by atoms with van der Waals surface area (Å²) in [5, 5.41) is 0. The fourth-order valence-corrected chi connectivity index (χ4v) is 2.97. The van der Waals surface area contributed by atoms with E-state index >= 15 is 0 Å². The molecule has 1 aromatic rings. The number of hydrogen-bond acceptors (Lipinski definition) is 5. The summed E-state index contributed by atoms with van der Waals surface area (Å²) in [4.78, 5) is 1.65. The SMILES string of the molecule is CC1COC(CN)CN1c1ccc(S(=O)(=O)C(F)F)cc1. The molecule has 2 unspecified atom stereocenters. The summed E-state index contributed by atoms with van der Waals surface area (Å²) in [5.41, 5.74) is 6.35. The van der Waals surface area contributed by atoms with Crippen molar-refractivity contribution in [3.05, 3.63) is 24.3 Å². The summed E-state index contributed by atoms with van der Waals surface area (Å²) >= 11 is 0. The molecule has 8 heteroatoms. The molecule has 0 spiro atoms. The van der Waals surface area contributed by atoms with Crippen LogP contribution in [-0.4, -0.2) is 46.0 Å². The highest BCUT2D eigenvalue weighted by Gasteiger charge is 2.28. The van der Waals surface area contributed by atoms with Crippen molar-refractivity contribution in [3.63, 3.8) is 0 Å². The van der Waals surface area contributed by atoms with E-state index in [4.69, 9.17) is 10.5 Å². The number of ether oxygens (including phenoxy) is 1. The summed E-state index contributed by atoms with van der Waals surface area (Å²) < 4.78 is 53.3. The number of alkyl halides is 2. The van der Waals surface area contributed by atoms with Crippen LogP contribution in [0.4, 0.5) is 14.5 Å². The van der Waals surface area contributed by atoms with Crippen LogP contribution < -0.4 is 10.6 Å². The largest absolute Gasteiger partial charge is 0.373 e. The normalized spacial score (nSPS) is 23.6. The van der Waals surface area contributed by atoms with E-state index in [0.29, 0.717) is 19.7 Å². The molecule has 5 nitrogen and oxygen atoms in total. The third-order valence-electron chi connectivity index (χ3n) is 3.50. The smallest absolute Gasteiger partial charge is 0.341 e. The molecular formula is C13H18F2N2O3S. The maximum atomic E-state index is 12.5. The Morgan fingerprint density at radius 1 is 1.38 bits per heavy atom. The zero-order valence-corrected chi connectivity index (χ0v) is 12.4. The molecule has 21 heavy (non-hydrogen) atoms. The van der Waals surface area contributed by atoms with Crippen LogP contribution >= 0.6 is 0 Å². The van der Waals surface area contributed by atoms with Crippen LogP contribution in [0.25, 0.3) is 0 Å². The second-order valence-corrected chi connectivity index (χ2v) is 6.91. The molecule has 2 atom stereocenters. The summed E-state index contributed by atoms with van der Waals surface area (Å²) in [6.45, 7) is 3.45. The van der Waals surface area contributed by atoms with Crippen molar-refractivity contribution in [3.8, 4) is 0 Å². The van der Waals surface area contributed by atoms with Gasteiger partial charge in [-0.1, -0.05) is 0 Å². The molecule has 1 aliphatic heterocycles. The maximum absolute atomic E-state index is 12.5. The Balaban J connectivity index is 2.22. The number of anilines is 1. The van der Waals surface area contributed by atoms with Crippen molar-refractivity contribution in [2.24, 2.45) is 5.73 Å². The lowest BCUT2D eigenvalue weighted by Crippen LogP contribution is -2.50. The maximum Gasteiger partial charge on any atom is 0.341 e. The van der Waals surface area contributed by atoms with Gasteiger partial charge >= 0.3 is 5.76 Å². The lowest BCUT2D eigenvalue weighted by Gasteiger charge is -2.39. The van der Waals surface area contributed by atoms with E-state index < -0.39 is 15.6 Å². The van der Waals surface area contributed by atoms with Crippen molar-refractivity contribution < 1.29 is 21.9 Å². The number of rotatable bonds is 4. The van der Waals surface area contributed by atoms with Gasteiger partial charge in [0.05, 0.1) is 17.6 Å². The molecule has 2 N–H and O–H groups in total. The van der Waals surface area contributed by atoms with Gasteiger partial charge in [-0.25, -0.2) is 8.42 Å². The van der Waals surface area contributed by atoms with E-state index in [2.05, 4.69) is 0 Å². The lowest BCUT2D eigenvalue weighted by molar-refractivity contribution is 0.0283. The molecule has 0 radical (unpaired) electrons. The van der Waals surface area contributed by atoms with Crippen LogP contribution in [0.1, 0.15) is 6.92 Å². The Morgan fingerprint density at radius 3 is 2.52 bits per heavy atom. The van der Waals surface area contributed by atoms with Gasteiger partial charge in [-0.05, 0) is 31.2 Å². The third kappa shape index (κ3) is 3.33. The number of nitrogens with two attached hydrogens (primary N) is 1. The predicted octanol–water partition coefficient (Wildman–Crippen LogP) is 1.24. The van der Waals surface area contributed by atoms with Crippen molar-refractivity contribution in [1.82, 2.24) is 0 Å². The highest BCUT2D eigenvalue weighted by molar-refractivity contribution is 7.91. The van der Waals surface area contributed by atoms with Gasteiger partial charge in [-0.2, -0.15) is 8.78 Å². The van der Waals surface area contributed by atoms with Crippen molar-refractivity contribution >= 4 is 15.5 Å². The standard InChI is InChI=1S/C13H18F2N2O3S/c1-9-8-20-11(6-16)7-17(9)10-2-4-12(5-3-10)21(18,19)13(14)15/h2-5,9,11,13H,6-8,16H2,1H3. The first kappa shape index (κ1) is 16.1. The molecule has 2 rings (SSSR count). The van der Waals surface area contributed by atoms with E-state index in [1.165, 1.54) is 24.3 Å². The van der Waals surface area contributed by atoms with E-state index in [9.17, 15) is 17.2 Å². The fraction of sp³-hybridized carbons (Fsp3) is 0.538. The highest BCUT2D eigenvalue weighted by Crippen LogP contribution is 2.25. The molecule has 1 fully saturated rings. The number of nitrogens with zero attached hydrogens (tertiary/aromatic N) is 1. The number of morpholine rings is 1. The topological polar surface area (TPSA) is 72.6 Å². The van der Waals surface area contributed by atoms with E-state index in [-0.39, 0.29) is 17.0 Å². The van der Waals surface area contributed by atoms with E-state index in [1.807, 2.05) is 11.8 Å². The molecule has 0 bridgehead atoms. The molecule has 0 aromatic heterocycles. The van der Waals surface area contributed by atoms with Crippen molar-refractivity contribution in [1.29, 1.82) is 0 Å². The molecule has 0 amide bonds. The third-order valence-corrected chi connectivity index (χ3v) is 4.90. The van der Waals surface area contributed by atoms with Crippen LogP contribution in [0, 0.1) is 0 Å². The quantitative estimate of drug-likeness (QED) is 0.903. The van der Waals surface area contributed by atoms with Crippen LogP contribution in [-0.2, 0) is 14.6 Å². The molecular weight excluding hydrogens is 302 g/mol. The summed E-state index contributed by atoms with van der Waals surface area (Å²) in [6, 6.07) is 5.58. The van der Waals surface area contributed by atoms with Gasteiger partial charge in [0.25, 0.3) is 0 Å². The molecule has 1 aliphatic rings. The van der Waals surface area contributed by atoms with Crippen LogP contribution in [0.2, 0.25) is 0 Å². The second kappa shape index (κ2) is 6.25. The monoisotopic (exact) mass is 320 g/mol. The van der Waals surface area contributed by atoms with E-state index in [1.54, 1.807) is 0 Å². The number of halogens is 2. The van der Waals surface area contributed by atoms with Gasteiger partial charge in [-0.15, -0.1) is 0 Å². The minimum Gasteiger partial charge on any atom is -0.373 e. The second-order valence-electron chi connectivity index (χ2n) is 4.99.